The number of halogens is 1. The second kappa shape index (κ2) is 3.96. The lowest BCUT2D eigenvalue weighted by molar-refractivity contribution is -0.114. The molecule has 1 aliphatic rings. The lowest BCUT2D eigenvalue weighted by atomic mass is 10.1. The van der Waals surface area contributed by atoms with Gasteiger partial charge in [0.05, 0.1) is 24.0 Å². The summed E-state index contributed by atoms with van der Waals surface area (Å²) in [4.78, 5) is 25.0. The minimum atomic E-state index is -0.562. The van der Waals surface area contributed by atoms with Crippen LogP contribution in [0.2, 0.25) is 5.02 Å². The monoisotopic (exact) mass is 262 g/mol. The van der Waals surface area contributed by atoms with E-state index in [1.165, 1.54) is 17.4 Å². The number of hydrogen-bond acceptors (Lipinski definition) is 4. The van der Waals surface area contributed by atoms with E-state index in [0.29, 0.717) is 21.8 Å². The first kappa shape index (κ1) is 11.0. The van der Waals surface area contributed by atoms with Crippen LogP contribution in [0.1, 0.15) is 15.9 Å². The molecule has 0 radical (unpaired) electrons. The molecule has 1 amide bonds. The van der Waals surface area contributed by atoms with Gasteiger partial charge in [-0.1, -0.05) is 16.8 Å². The fourth-order valence-electron chi connectivity index (χ4n) is 1.91. The van der Waals surface area contributed by atoms with E-state index in [2.05, 4.69) is 5.16 Å². The SMILES string of the molecule is O=C1C(=O)N(Cc2cnoc2)c2cc(Cl)ccc21. The van der Waals surface area contributed by atoms with Gasteiger partial charge >= 0.3 is 0 Å². The van der Waals surface area contributed by atoms with Crippen LogP contribution in [-0.4, -0.2) is 16.8 Å². The number of anilines is 1. The number of Topliss-reactive ketones (excluding diaryl/α,β-unsaturated/α-hetero) is 1. The Balaban J connectivity index is 2.03. The maximum Gasteiger partial charge on any atom is 0.299 e. The number of hydrogen-bond donors (Lipinski definition) is 0. The largest absolute Gasteiger partial charge is 0.364 e. The molecule has 0 fully saturated rings. The topological polar surface area (TPSA) is 63.4 Å². The standard InChI is InChI=1S/C12H7ClN2O3/c13-8-1-2-9-10(3-8)15(12(17)11(9)16)5-7-4-14-18-6-7/h1-4,6H,5H2. The highest BCUT2D eigenvalue weighted by atomic mass is 35.5. The lowest BCUT2D eigenvalue weighted by Crippen LogP contribution is -2.28. The first-order valence-corrected chi connectivity index (χ1v) is 5.58. The van der Waals surface area contributed by atoms with Crippen LogP contribution in [0.3, 0.4) is 0 Å². The van der Waals surface area contributed by atoms with Crippen LogP contribution >= 0.6 is 11.6 Å². The van der Waals surface area contributed by atoms with E-state index in [1.807, 2.05) is 0 Å². The lowest BCUT2D eigenvalue weighted by Gasteiger charge is -2.14. The predicted molar refractivity (Wildman–Crippen MR) is 63.5 cm³/mol. The predicted octanol–water partition coefficient (Wildman–Crippen LogP) is 2.06. The van der Waals surface area contributed by atoms with Crippen molar-refractivity contribution in [1.29, 1.82) is 0 Å². The Kier molecular flexibility index (Phi) is 2.41. The molecule has 1 aliphatic heterocycles. The average Bonchev–Trinajstić information content (AvgIpc) is 2.93. The van der Waals surface area contributed by atoms with Crippen molar-refractivity contribution in [3.8, 4) is 0 Å². The zero-order valence-corrected chi connectivity index (χ0v) is 9.85. The summed E-state index contributed by atoms with van der Waals surface area (Å²) in [6.07, 6.45) is 2.93. The van der Waals surface area contributed by atoms with Gasteiger partial charge in [-0.05, 0) is 18.2 Å². The molecule has 0 aliphatic carbocycles. The zero-order chi connectivity index (χ0) is 12.7. The van der Waals surface area contributed by atoms with Gasteiger partial charge in [0.2, 0.25) is 0 Å². The van der Waals surface area contributed by atoms with Gasteiger partial charge in [-0.25, -0.2) is 0 Å². The fraction of sp³-hybridized carbons (Fsp3) is 0.0833. The quantitative estimate of drug-likeness (QED) is 0.777. The molecule has 0 spiro atoms. The number of carbonyl (C=O) groups is 2. The van der Waals surface area contributed by atoms with Crippen molar-refractivity contribution in [3.05, 3.63) is 46.8 Å². The van der Waals surface area contributed by atoms with Crippen molar-refractivity contribution in [2.45, 2.75) is 6.54 Å². The molecule has 0 unspecified atom stereocenters. The maximum atomic E-state index is 11.9. The Bertz CT molecular complexity index is 637. The van der Waals surface area contributed by atoms with Gasteiger partial charge in [-0.15, -0.1) is 0 Å². The third kappa shape index (κ3) is 1.60. The number of carbonyl (C=O) groups excluding carboxylic acids is 2. The van der Waals surface area contributed by atoms with Crippen LogP contribution in [0.25, 0.3) is 0 Å². The van der Waals surface area contributed by atoms with E-state index in [0.717, 1.165) is 0 Å². The summed E-state index contributed by atoms with van der Waals surface area (Å²) in [6.45, 7) is 0.238. The molecule has 3 rings (SSSR count). The number of fused-ring (bicyclic) bond motifs is 1. The molecular weight excluding hydrogens is 256 g/mol. The Morgan fingerprint density at radius 1 is 1.33 bits per heavy atom. The van der Waals surface area contributed by atoms with Crippen molar-refractivity contribution in [3.63, 3.8) is 0 Å². The molecule has 2 heterocycles. The Morgan fingerprint density at radius 2 is 2.17 bits per heavy atom. The van der Waals surface area contributed by atoms with Gasteiger partial charge in [-0.3, -0.25) is 9.59 Å². The van der Waals surface area contributed by atoms with E-state index < -0.39 is 11.7 Å². The second-order valence-electron chi connectivity index (χ2n) is 3.91. The summed E-state index contributed by atoms with van der Waals surface area (Å²) in [7, 11) is 0. The minimum absolute atomic E-state index is 0.238. The summed E-state index contributed by atoms with van der Waals surface area (Å²) >= 11 is 5.89. The number of benzene rings is 1. The number of ketones is 1. The molecule has 0 bridgehead atoms. The minimum Gasteiger partial charge on any atom is -0.364 e. The van der Waals surface area contributed by atoms with E-state index >= 15 is 0 Å². The molecule has 18 heavy (non-hydrogen) atoms. The zero-order valence-electron chi connectivity index (χ0n) is 9.09. The van der Waals surface area contributed by atoms with Crippen molar-refractivity contribution in [1.82, 2.24) is 5.16 Å². The van der Waals surface area contributed by atoms with E-state index in [-0.39, 0.29) is 6.54 Å². The molecular formula is C12H7ClN2O3. The number of rotatable bonds is 2. The normalized spacial score (nSPS) is 14.2. The maximum absolute atomic E-state index is 11.9. The van der Waals surface area contributed by atoms with Gasteiger partial charge in [-0.2, -0.15) is 0 Å². The highest BCUT2D eigenvalue weighted by molar-refractivity contribution is 6.52. The Hall–Kier alpha value is -2.14. The van der Waals surface area contributed by atoms with Gasteiger partial charge in [0.15, 0.2) is 0 Å². The van der Waals surface area contributed by atoms with E-state index in [9.17, 15) is 9.59 Å². The van der Waals surface area contributed by atoms with Gasteiger partial charge in [0, 0.05) is 10.6 Å². The van der Waals surface area contributed by atoms with Crippen LogP contribution in [-0.2, 0) is 11.3 Å². The summed E-state index contributed by atoms with van der Waals surface area (Å²) in [5.74, 6) is -1.08. The second-order valence-corrected chi connectivity index (χ2v) is 4.35. The van der Waals surface area contributed by atoms with Crippen LogP contribution in [0.4, 0.5) is 5.69 Å². The third-order valence-corrected chi connectivity index (χ3v) is 2.99. The van der Waals surface area contributed by atoms with Gasteiger partial charge in [0.25, 0.3) is 11.7 Å². The van der Waals surface area contributed by atoms with Crippen LogP contribution in [0.15, 0.2) is 35.2 Å². The molecule has 90 valence electrons. The van der Waals surface area contributed by atoms with Crippen molar-refractivity contribution < 1.29 is 14.1 Å². The smallest absolute Gasteiger partial charge is 0.299 e. The van der Waals surface area contributed by atoms with Crippen LogP contribution < -0.4 is 4.90 Å². The molecule has 0 N–H and O–H groups in total. The first-order valence-electron chi connectivity index (χ1n) is 5.21. The Morgan fingerprint density at radius 3 is 2.89 bits per heavy atom. The molecule has 0 atom stereocenters. The average molecular weight is 263 g/mol. The van der Waals surface area contributed by atoms with Crippen LogP contribution in [0, 0.1) is 0 Å². The van der Waals surface area contributed by atoms with Crippen molar-refractivity contribution in [2.75, 3.05) is 4.90 Å². The number of nitrogens with zero attached hydrogens (tertiary/aromatic N) is 2. The molecule has 0 saturated heterocycles. The summed E-state index contributed by atoms with van der Waals surface area (Å²) in [5, 5.41) is 4.04. The Labute approximate surface area is 107 Å². The summed E-state index contributed by atoms with van der Waals surface area (Å²) < 4.78 is 4.70. The molecule has 5 nitrogen and oxygen atoms in total. The highest BCUT2D eigenvalue weighted by Gasteiger charge is 2.35. The third-order valence-electron chi connectivity index (χ3n) is 2.76. The fourth-order valence-corrected chi connectivity index (χ4v) is 2.08. The molecule has 1 aromatic carbocycles. The van der Waals surface area contributed by atoms with Crippen molar-refractivity contribution in [2.24, 2.45) is 0 Å². The van der Waals surface area contributed by atoms with E-state index in [4.69, 9.17) is 16.1 Å². The van der Waals surface area contributed by atoms with Crippen molar-refractivity contribution >= 4 is 29.0 Å². The summed E-state index contributed by atoms with van der Waals surface area (Å²) in [5.41, 5.74) is 1.61. The van der Waals surface area contributed by atoms with Gasteiger partial charge in [0.1, 0.15) is 6.26 Å². The summed E-state index contributed by atoms with van der Waals surface area (Å²) in [6, 6.07) is 4.76. The van der Waals surface area contributed by atoms with E-state index in [1.54, 1.807) is 18.2 Å². The molecule has 6 heteroatoms. The molecule has 2 aromatic rings. The highest BCUT2D eigenvalue weighted by Crippen LogP contribution is 2.32. The van der Waals surface area contributed by atoms with Crippen LogP contribution in [0.5, 0.6) is 0 Å². The number of amides is 1. The number of aromatic nitrogens is 1. The molecule has 0 saturated carbocycles. The first-order chi connectivity index (χ1) is 8.66. The van der Waals surface area contributed by atoms with Gasteiger partial charge < -0.3 is 9.42 Å². The molecule has 1 aromatic heterocycles.